The molecule has 2 aromatic carbocycles. The Balaban J connectivity index is 0.00000149. The van der Waals surface area contributed by atoms with E-state index in [1.807, 2.05) is 43.5 Å². The summed E-state index contributed by atoms with van der Waals surface area (Å²) in [6, 6.07) is 9.62. The summed E-state index contributed by atoms with van der Waals surface area (Å²) in [6.45, 7) is 11.0. The highest BCUT2D eigenvalue weighted by atomic mass is 35.5. The highest BCUT2D eigenvalue weighted by Crippen LogP contribution is 2.36. The fourth-order valence-corrected chi connectivity index (χ4v) is 5.05. The minimum absolute atomic E-state index is 0.279. The van der Waals surface area contributed by atoms with Crippen molar-refractivity contribution < 1.29 is 4.39 Å². The summed E-state index contributed by atoms with van der Waals surface area (Å²) in [6.07, 6.45) is 0.778. The summed E-state index contributed by atoms with van der Waals surface area (Å²) in [4.78, 5) is 7.06. The zero-order chi connectivity index (χ0) is 23.8. The van der Waals surface area contributed by atoms with Gasteiger partial charge in [-0.1, -0.05) is 32.4 Å². The maximum absolute atomic E-state index is 14.9. The molecule has 1 aliphatic rings. The van der Waals surface area contributed by atoms with Crippen molar-refractivity contribution >= 4 is 57.8 Å². The molecule has 1 aliphatic heterocycles. The third kappa shape index (κ3) is 6.53. The fraction of sp³-hybridized carbons (Fsp3) is 0.375. The predicted molar refractivity (Wildman–Crippen MR) is 143 cm³/mol. The van der Waals surface area contributed by atoms with Gasteiger partial charge in [0.15, 0.2) is 0 Å². The van der Waals surface area contributed by atoms with Gasteiger partial charge in [-0.3, -0.25) is 0 Å². The number of aromatic nitrogens is 1. The van der Waals surface area contributed by atoms with Crippen molar-refractivity contribution in [1.29, 1.82) is 0 Å². The number of hydrogen-bond donors (Lipinski definition) is 3. The van der Waals surface area contributed by atoms with Gasteiger partial charge >= 0.3 is 0 Å². The smallest absolute Gasteiger partial charge is 0.147 e. The van der Waals surface area contributed by atoms with Crippen LogP contribution < -0.4 is 20.3 Å². The van der Waals surface area contributed by atoms with E-state index in [2.05, 4.69) is 39.1 Å². The van der Waals surface area contributed by atoms with Crippen molar-refractivity contribution in [2.24, 2.45) is 0 Å². The molecule has 0 bridgehead atoms. The second kappa shape index (κ2) is 12.5. The second-order valence-electron chi connectivity index (χ2n) is 7.40. The molecule has 0 amide bonds. The van der Waals surface area contributed by atoms with Crippen LogP contribution in [0, 0.1) is 5.82 Å². The Hall–Kier alpha value is -2.00. The van der Waals surface area contributed by atoms with Crippen molar-refractivity contribution in [3.05, 3.63) is 57.6 Å². The van der Waals surface area contributed by atoms with E-state index in [1.165, 1.54) is 23.3 Å². The van der Waals surface area contributed by atoms with Crippen LogP contribution in [0.3, 0.4) is 0 Å². The third-order valence-corrected chi connectivity index (χ3v) is 6.94. The van der Waals surface area contributed by atoms with Crippen molar-refractivity contribution in [3.8, 4) is 0 Å². The van der Waals surface area contributed by atoms with Crippen molar-refractivity contribution in [2.45, 2.75) is 45.1 Å². The zero-order valence-electron chi connectivity index (χ0n) is 19.4. The lowest BCUT2D eigenvalue weighted by Crippen LogP contribution is -2.50. The lowest BCUT2D eigenvalue weighted by Gasteiger charge is -2.37. The van der Waals surface area contributed by atoms with E-state index in [0.29, 0.717) is 16.0 Å². The summed E-state index contributed by atoms with van der Waals surface area (Å²) in [5.41, 5.74) is 5.51. The highest BCUT2D eigenvalue weighted by molar-refractivity contribution is 8.00. The standard InChI is InChI=1S/C22H25ClFN5S2.C2H6/c1-3-15-8-21(31-28-22-12-30-13-26-22)17(24)10-19(15)27-18-5-4-16(23)9-20(18)29-7-6-25-11-14(29)2;1-2/h4-5,8-10,12-14,25,27-28H,3,6-7,11H2,1-2H3;1-2H3/t14-;/m1./s1. The summed E-state index contributed by atoms with van der Waals surface area (Å²) < 4.78 is 18.0. The van der Waals surface area contributed by atoms with Crippen molar-refractivity contribution in [3.63, 3.8) is 0 Å². The normalized spacial score (nSPS) is 15.6. The van der Waals surface area contributed by atoms with Gasteiger partial charge in [0.25, 0.3) is 0 Å². The minimum atomic E-state index is -0.279. The zero-order valence-corrected chi connectivity index (χ0v) is 21.8. The van der Waals surface area contributed by atoms with Gasteiger partial charge in [-0.25, -0.2) is 9.37 Å². The number of rotatable bonds is 7. The number of anilines is 4. The molecule has 1 fully saturated rings. The third-order valence-electron chi connectivity index (χ3n) is 5.28. The average molecular weight is 508 g/mol. The molecule has 0 spiro atoms. The molecule has 5 nitrogen and oxygen atoms in total. The molecular formula is C24H31ClFN5S2. The number of aryl methyl sites for hydroxylation is 1. The maximum atomic E-state index is 14.9. The van der Waals surface area contributed by atoms with E-state index in [-0.39, 0.29) is 5.82 Å². The Morgan fingerprint density at radius 2 is 2.09 bits per heavy atom. The molecular weight excluding hydrogens is 477 g/mol. The first-order valence-electron chi connectivity index (χ1n) is 11.2. The van der Waals surface area contributed by atoms with E-state index >= 15 is 0 Å². The number of benzene rings is 2. The van der Waals surface area contributed by atoms with Gasteiger partial charge in [-0.15, -0.1) is 11.3 Å². The SMILES string of the molecule is CC.CCc1cc(SNc2cscn2)c(F)cc1Nc1ccc(Cl)cc1N1CCNC[C@H]1C. The van der Waals surface area contributed by atoms with E-state index < -0.39 is 0 Å². The van der Waals surface area contributed by atoms with E-state index in [9.17, 15) is 4.39 Å². The molecule has 3 N–H and O–H groups in total. The number of nitrogens with zero attached hydrogens (tertiary/aromatic N) is 2. The summed E-state index contributed by atoms with van der Waals surface area (Å²) in [5.74, 6) is 0.448. The molecule has 1 saturated heterocycles. The Bertz CT molecular complexity index is 1030. The van der Waals surface area contributed by atoms with E-state index in [1.54, 1.807) is 11.6 Å². The lowest BCUT2D eigenvalue weighted by molar-refractivity contribution is 0.501. The van der Waals surface area contributed by atoms with Gasteiger partial charge in [0.2, 0.25) is 0 Å². The second-order valence-corrected chi connectivity index (χ2v) is 9.41. The Morgan fingerprint density at radius 1 is 1.27 bits per heavy atom. The first-order chi connectivity index (χ1) is 16.0. The summed E-state index contributed by atoms with van der Waals surface area (Å²) >= 11 is 9.06. The van der Waals surface area contributed by atoms with Crippen molar-refractivity contribution in [1.82, 2.24) is 10.3 Å². The van der Waals surface area contributed by atoms with Crippen LogP contribution in [-0.4, -0.2) is 30.7 Å². The highest BCUT2D eigenvalue weighted by Gasteiger charge is 2.22. The first kappa shape index (κ1) is 25.6. The fourth-order valence-electron chi connectivity index (χ4n) is 3.64. The monoisotopic (exact) mass is 507 g/mol. The van der Waals surface area contributed by atoms with Crippen LogP contribution in [-0.2, 0) is 6.42 Å². The van der Waals surface area contributed by atoms with Gasteiger partial charge in [0, 0.05) is 41.8 Å². The maximum Gasteiger partial charge on any atom is 0.147 e. The summed E-state index contributed by atoms with van der Waals surface area (Å²) in [7, 11) is 0. The molecule has 0 saturated carbocycles. The van der Waals surface area contributed by atoms with Crippen molar-refractivity contribution in [2.75, 3.05) is 34.6 Å². The van der Waals surface area contributed by atoms with Gasteiger partial charge in [0.1, 0.15) is 11.6 Å². The van der Waals surface area contributed by atoms with Crippen LogP contribution in [0.5, 0.6) is 0 Å². The number of halogens is 2. The molecule has 1 atom stereocenters. The molecule has 2 heterocycles. The van der Waals surface area contributed by atoms with Crippen LogP contribution in [0.15, 0.2) is 46.1 Å². The Morgan fingerprint density at radius 3 is 2.79 bits per heavy atom. The van der Waals surface area contributed by atoms with Gasteiger partial charge < -0.3 is 20.3 Å². The first-order valence-corrected chi connectivity index (χ1v) is 13.4. The predicted octanol–water partition coefficient (Wildman–Crippen LogP) is 7.19. The Labute approximate surface area is 209 Å². The topological polar surface area (TPSA) is 52.2 Å². The largest absolute Gasteiger partial charge is 0.365 e. The molecule has 3 aromatic rings. The number of hydrogen-bond acceptors (Lipinski definition) is 7. The van der Waals surface area contributed by atoms with Gasteiger partial charge in [0.05, 0.1) is 21.8 Å². The number of piperazine rings is 1. The minimum Gasteiger partial charge on any atom is -0.365 e. The molecule has 0 radical (unpaired) electrons. The number of thiazole rings is 1. The van der Waals surface area contributed by atoms with Crippen LogP contribution in [0.4, 0.5) is 27.3 Å². The molecule has 0 unspecified atom stereocenters. The van der Waals surface area contributed by atoms with E-state index in [4.69, 9.17) is 11.6 Å². The molecule has 33 heavy (non-hydrogen) atoms. The molecule has 4 rings (SSSR count). The molecule has 1 aromatic heterocycles. The quantitative estimate of drug-likeness (QED) is 0.294. The molecule has 9 heteroatoms. The average Bonchev–Trinajstić information content (AvgIpc) is 3.35. The molecule has 0 aliphatic carbocycles. The van der Waals surface area contributed by atoms with Crippen LogP contribution in [0.2, 0.25) is 5.02 Å². The molecule has 178 valence electrons. The Kier molecular flexibility index (Phi) is 9.67. The van der Waals surface area contributed by atoms with Crippen LogP contribution in [0.1, 0.15) is 33.3 Å². The van der Waals surface area contributed by atoms with Gasteiger partial charge in [-0.05, 0) is 61.2 Å². The lowest BCUT2D eigenvalue weighted by atomic mass is 10.1. The van der Waals surface area contributed by atoms with Gasteiger partial charge in [-0.2, -0.15) is 0 Å². The van der Waals surface area contributed by atoms with Crippen LogP contribution in [0.25, 0.3) is 0 Å². The summed E-state index contributed by atoms with van der Waals surface area (Å²) in [5, 5.41) is 9.47. The number of nitrogens with one attached hydrogen (secondary N) is 3. The van der Waals surface area contributed by atoms with E-state index in [0.717, 1.165) is 54.5 Å². The van der Waals surface area contributed by atoms with Crippen LogP contribution >= 0.6 is 34.9 Å².